The first-order valence-corrected chi connectivity index (χ1v) is 8.26. The summed E-state index contributed by atoms with van der Waals surface area (Å²) < 4.78 is 1.59. The number of rotatable bonds is 3. The normalized spacial score (nSPS) is 19.0. The van der Waals surface area contributed by atoms with Gasteiger partial charge in [-0.3, -0.25) is 4.79 Å². The zero-order chi connectivity index (χ0) is 17.8. The van der Waals surface area contributed by atoms with Crippen LogP contribution in [0.15, 0.2) is 30.3 Å². The van der Waals surface area contributed by atoms with Crippen LogP contribution in [0.25, 0.3) is 5.69 Å². The number of hydrogen-bond donors (Lipinski definition) is 2. The molecule has 25 heavy (non-hydrogen) atoms. The topological polar surface area (TPSA) is 105 Å². The van der Waals surface area contributed by atoms with Crippen LogP contribution < -0.4 is 10.6 Å². The van der Waals surface area contributed by atoms with E-state index in [0.29, 0.717) is 18.9 Å². The number of nitrogens with one attached hydrogen (secondary N) is 2. The van der Waals surface area contributed by atoms with E-state index in [1.807, 2.05) is 37.3 Å². The van der Waals surface area contributed by atoms with Gasteiger partial charge in [0.1, 0.15) is 6.04 Å². The van der Waals surface area contributed by atoms with Crippen LogP contribution in [0.4, 0.5) is 4.79 Å². The van der Waals surface area contributed by atoms with Crippen molar-refractivity contribution in [2.45, 2.75) is 32.4 Å². The van der Waals surface area contributed by atoms with Crippen LogP contribution >= 0.6 is 0 Å². The summed E-state index contributed by atoms with van der Waals surface area (Å²) in [6.45, 7) is 4.63. The summed E-state index contributed by atoms with van der Waals surface area (Å²) in [7, 11) is 0. The van der Waals surface area contributed by atoms with Gasteiger partial charge in [0.2, 0.25) is 5.91 Å². The Balaban J connectivity index is 1.74. The van der Waals surface area contributed by atoms with Crippen LogP contribution in [0, 0.1) is 0 Å². The molecule has 2 aromatic rings. The van der Waals surface area contributed by atoms with Crippen LogP contribution in [-0.2, 0) is 4.79 Å². The largest absolute Gasteiger partial charge is 0.354 e. The molecule has 9 nitrogen and oxygen atoms in total. The van der Waals surface area contributed by atoms with Gasteiger partial charge in [0, 0.05) is 13.1 Å². The molecule has 9 heteroatoms. The number of benzene rings is 1. The molecule has 0 spiro atoms. The summed E-state index contributed by atoms with van der Waals surface area (Å²) in [6.07, 6.45) is 0.722. The fourth-order valence-electron chi connectivity index (χ4n) is 2.77. The number of aromatic nitrogens is 4. The zero-order valence-corrected chi connectivity index (χ0v) is 14.2. The lowest BCUT2D eigenvalue weighted by Gasteiger charge is -2.27. The Labute approximate surface area is 145 Å². The molecule has 132 valence electrons. The summed E-state index contributed by atoms with van der Waals surface area (Å²) in [4.78, 5) is 26.1. The summed E-state index contributed by atoms with van der Waals surface area (Å²) >= 11 is 0. The number of nitrogens with zero attached hydrogens (tertiary/aromatic N) is 5. The van der Waals surface area contributed by atoms with E-state index in [4.69, 9.17) is 0 Å². The van der Waals surface area contributed by atoms with E-state index >= 15 is 0 Å². The highest BCUT2D eigenvalue weighted by molar-refractivity contribution is 5.87. The van der Waals surface area contributed by atoms with E-state index in [0.717, 1.165) is 12.1 Å². The zero-order valence-electron chi connectivity index (χ0n) is 14.2. The molecule has 0 radical (unpaired) electrons. The molecule has 1 fully saturated rings. The van der Waals surface area contributed by atoms with Crippen molar-refractivity contribution in [3.63, 3.8) is 0 Å². The number of carbonyl (C=O) groups excluding carboxylic acids is 2. The monoisotopic (exact) mass is 343 g/mol. The van der Waals surface area contributed by atoms with Crippen LogP contribution in [0.2, 0.25) is 0 Å². The van der Waals surface area contributed by atoms with Crippen LogP contribution in [0.3, 0.4) is 0 Å². The average Bonchev–Trinajstić information content (AvgIpc) is 3.05. The van der Waals surface area contributed by atoms with Gasteiger partial charge in [-0.2, -0.15) is 4.68 Å². The van der Waals surface area contributed by atoms with Gasteiger partial charge in [-0.25, -0.2) is 4.79 Å². The number of urea groups is 1. The minimum atomic E-state index is -0.514. The van der Waals surface area contributed by atoms with Crippen molar-refractivity contribution in [1.29, 1.82) is 0 Å². The van der Waals surface area contributed by atoms with Gasteiger partial charge in [-0.15, -0.1) is 5.10 Å². The second kappa shape index (κ2) is 7.29. The van der Waals surface area contributed by atoms with Crippen molar-refractivity contribution < 1.29 is 9.59 Å². The highest BCUT2D eigenvalue weighted by Gasteiger charge is 2.29. The first-order valence-electron chi connectivity index (χ1n) is 8.26. The number of carbonyl (C=O) groups is 2. The van der Waals surface area contributed by atoms with Crippen molar-refractivity contribution in [3.8, 4) is 5.69 Å². The average molecular weight is 343 g/mol. The number of para-hydroxylation sites is 1. The van der Waals surface area contributed by atoms with Gasteiger partial charge in [-0.1, -0.05) is 18.2 Å². The molecule has 0 bridgehead atoms. The lowest BCUT2D eigenvalue weighted by Crippen LogP contribution is -2.50. The van der Waals surface area contributed by atoms with Gasteiger partial charge in [0.25, 0.3) is 0 Å². The SMILES string of the molecule is C[C@@H](NC(=O)N1CCCNC(=O)[C@@H]1C)c1nnnn1-c1ccccc1. The molecule has 2 N–H and O–H groups in total. The number of amides is 3. The molecule has 2 atom stereocenters. The third-order valence-corrected chi connectivity index (χ3v) is 4.20. The minimum absolute atomic E-state index is 0.144. The molecule has 1 saturated heterocycles. The molecule has 1 aliphatic heterocycles. The van der Waals surface area contributed by atoms with Crippen LogP contribution in [0.1, 0.15) is 32.1 Å². The number of hydrogen-bond acceptors (Lipinski definition) is 5. The molecule has 1 aromatic carbocycles. The fourth-order valence-corrected chi connectivity index (χ4v) is 2.77. The maximum atomic E-state index is 12.6. The van der Waals surface area contributed by atoms with Gasteiger partial charge in [0.15, 0.2) is 5.82 Å². The molecule has 1 aromatic heterocycles. The number of tetrazole rings is 1. The van der Waals surface area contributed by atoms with E-state index < -0.39 is 12.1 Å². The van der Waals surface area contributed by atoms with Gasteiger partial charge in [-0.05, 0) is 42.8 Å². The standard InChI is InChI=1S/C16H21N7O2/c1-11(14-19-20-21-23(14)13-7-4-3-5-8-13)18-16(25)22-10-6-9-17-15(24)12(22)2/h3-5,7-8,11-12H,6,9-10H2,1-2H3,(H,17,24)(H,18,25)/t11-,12+/m1/s1. The highest BCUT2D eigenvalue weighted by Crippen LogP contribution is 2.15. The van der Waals surface area contributed by atoms with Crippen molar-refractivity contribution in [2.24, 2.45) is 0 Å². The Morgan fingerprint density at radius 3 is 2.88 bits per heavy atom. The van der Waals surface area contributed by atoms with E-state index in [1.165, 1.54) is 4.90 Å². The third-order valence-electron chi connectivity index (χ3n) is 4.20. The predicted octanol–water partition coefficient (Wildman–Crippen LogP) is 0.643. The molecule has 1 aliphatic rings. The van der Waals surface area contributed by atoms with Gasteiger partial charge >= 0.3 is 6.03 Å². The Bertz CT molecular complexity index is 746. The van der Waals surface area contributed by atoms with E-state index in [1.54, 1.807) is 11.6 Å². The predicted molar refractivity (Wildman–Crippen MR) is 89.9 cm³/mol. The second-order valence-electron chi connectivity index (χ2n) is 5.97. The van der Waals surface area contributed by atoms with Crippen molar-refractivity contribution in [1.82, 2.24) is 35.7 Å². The Morgan fingerprint density at radius 2 is 2.12 bits per heavy atom. The lowest BCUT2D eigenvalue weighted by molar-refractivity contribution is -0.124. The molecular formula is C16H21N7O2. The molecule has 0 unspecified atom stereocenters. The summed E-state index contributed by atoms with van der Waals surface area (Å²) in [6, 6.07) is 8.22. The highest BCUT2D eigenvalue weighted by atomic mass is 16.2. The molecule has 2 heterocycles. The van der Waals surface area contributed by atoms with Crippen LogP contribution in [0.5, 0.6) is 0 Å². The Morgan fingerprint density at radius 1 is 1.36 bits per heavy atom. The third kappa shape index (κ3) is 3.59. The molecule has 3 rings (SSSR count). The van der Waals surface area contributed by atoms with E-state index in [-0.39, 0.29) is 11.9 Å². The van der Waals surface area contributed by atoms with Crippen molar-refractivity contribution >= 4 is 11.9 Å². The maximum Gasteiger partial charge on any atom is 0.318 e. The summed E-state index contributed by atoms with van der Waals surface area (Å²) in [5, 5.41) is 17.4. The Kier molecular flexibility index (Phi) is 4.92. The minimum Gasteiger partial charge on any atom is -0.354 e. The summed E-state index contributed by atoms with van der Waals surface area (Å²) in [5.41, 5.74) is 0.811. The van der Waals surface area contributed by atoms with E-state index in [9.17, 15) is 9.59 Å². The fraction of sp³-hybridized carbons (Fsp3) is 0.438. The lowest BCUT2D eigenvalue weighted by atomic mass is 10.2. The first-order chi connectivity index (χ1) is 12.1. The van der Waals surface area contributed by atoms with Gasteiger partial charge < -0.3 is 15.5 Å². The van der Waals surface area contributed by atoms with Crippen molar-refractivity contribution in [2.75, 3.05) is 13.1 Å². The summed E-state index contributed by atoms with van der Waals surface area (Å²) in [5.74, 6) is 0.376. The Hall–Kier alpha value is -2.97. The second-order valence-corrected chi connectivity index (χ2v) is 5.97. The smallest absolute Gasteiger partial charge is 0.318 e. The molecule has 0 saturated carbocycles. The van der Waals surface area contributed by atoms with Crippen molar-refractivity contribution in [3.05, 3.63) is 36.2 Å². The van der Waals surface area contributed by atoms with Crippen LogP contribution in [-0.4, -0.2) is 56.2 Å². The molecular weight excluding hydrogens is 322 g/mol. The molecule has 3 amide bonds. The first kappa shape index (κ1) is 16.9. The molecule has 0 aliphatic carbocycles. The van der Waals surface area contributed by atoms with E-state index in [2.05, 4.69) is 26.2 Å². The maximum absolute atomic E-state index is 12.6. The van der Waals surface area contributed by atoms with Gasteiger partial charge in [0.05, 0.1) is 11.7 Å². The quantitative estimate of drug-likeness (QED) is 0.851.